The monoisotopic (exact) mass is 474 g/mol. The van der Waals surface area contributed by atoms with Crippen molar-refractivity contribution in [1.29, 1.82) is 0 Å². The van der Waals surface area contributed by atoms with Crippen molar-refractivity contribution in [3.8, 4) is 0 Å². The Morgan fingerprint density at radius 1 is 0.912 bits per heavy atom. The Balaban J connectivity index is 1.26. The molecule has 0 unspecified atom stereocenters. The topological polar surface area (TPSA) is 40.5 Å². The van der Waals surface area contributed by atoms with Gasteiger partial charge in [-0.1, -0.05) is 32.4 Å². The molecule has 0 aromatic carbocycles. The van der Waals surface area contributed by atoms with Crippen LogP contribution < -0.4 is 0 Å². The van der Waals surface area contributed by atoms with Gasteiger partial charge < -0.3 is 10.2 Å². The Morgan fingerprint density at radius 3 is 2.32 bits per heavy atom. The van der Waals surface area contributed by atoms with Gasteiger partial charge in [0.25, 0.3) is 0 Å². The molecular formula is C31H51FO2. The van der Waals surface area contributed by atoms with Crippen molar-refractivity contribution in [3.05, 3.63) is 11.6 Å². The second-order valence-corrected chi connectivity index (χ2v) is 14.8. The molecule has 0 aromatic rings. The van der Waals surface area contributed by atoms with E-state index in [2.05, 4.69) is 26.8 Å². The van der Waals surface area contributed by atoms with Gasteiger partial charge in [-0.2, -0.15) is 0 Å². The second kappa shape index (κ2) is 8.30. The fourth-order valence-electron chi connectivity index (χ4n) is 9.96. The molecule has 2 nitrogen and oxygen atoms in total. The van der Waals surface area contributed by atoms with Gasteiger partial charge in [-0.15, -0.1) is 0 Å². The maximum absolute atomic E-state index is 14.3. The Labute approximate surface area is 208 Å². The van der Waals surface area contributed by atoms with E-state index in [1.807, 2.05) is 6.92 Å². The van der Waals surface area contributed by atoms with Crippen molar-refractivity contribution in [2.45, 2.75) is 141 Å². The van der Waals surface area contributed by atoms with E-state index < -0.39 is 16.9 Å². The van der Waals surface area contributed by atoms with Gasteiger partial charge in [-0.3, -0.25) is 0 Å². The Bertz CT molecular complexity index is 804. The number of fused-ring (bicyclic) bond motifs is 5. The van der Waals surface area contributed by atoms with Crippen LogP contribution in [0.3, 0.4) is 0 Å². The first-order valence-electron chi connectivity index (χ1n) is 14.6. The van der Waals surface area contributed by atoms with E-state index in [0.29, 0.717) is 42.4 Å². The van der Waals surface area contributed by atoms with Crippen LogP contribution in [-0.4, -0.2) is 27.1 Å². The molecular weight excluding hydrogens is 423 g/mol. The number of hydrogen-bond donors (Lipinski definition) is 2. The van der Waals surface area contributed by atoms with Gasteiger partial charge in [-0.25, -0.2) is 4.39 Å². The lowest BCUT2D eigenvalue weighted by molar-refractivity contribution is -0.0744. The summed E-state index contributed by atoms with van der Waals surface area (Å²) >= 11 is 0. The minimum absolute atomic E-state index is 0.297. The molecule has 0 aromatic heterocycles. The average Bonchev–Trinajstić information content (AvgIpc) is 3.12. The summed E-state index contributed by atoms with van der Waals surface area (Å²) in [5.74, 6) is 3.79. The standard InChI is InChI=1S/C31H51FO2/c1-21(10-13-31(34)18-14-27(2,32)15-19-31)24-8-9-25-23-7-6-22-20-28(3,33)16-17-29(22,4)26(23)11-12-30(24,25)5/h6,21,23-26,33-34H,7-20H2,1-5H3/t21-,23+,24-,25+,26+,27?,28+,29+,30-,31?/m1/s1. The van der Waals surface area contributed by atoms with E-state index in [1.165, 1.54) is 32.1 Å². The van der Waals surface area contributed by atoms with Crippen molar-refractivity contribution in [2.24, 2.45) is 40.4 Å². The average molecular weight is 475 g/mol. The fraction of sp³-hybridized carbons (Fsp3) is 0.935. The lowest BCUT2D eigenvalue weighted by atomic mass is 9.46. The highest BCUT2D eigenvalue weighted by molar-refractivity contribution is 5.26. The Morgan fingerprint density at radius 2 is 1.62 bits per heavy atom. The smallest absolute Gasteiger partial charge is 0.108 e. The molecule has 0 aliphatic heterocycles. The highest BCUT2D eigenvalue weighted by Gasteiger charge is 2.59. The molecule has 34 heavy (non-hydrogen) atoms. The lowest BCUT2D eigenvalue weighted by Crippen LogP contribution is -2.52. The molecule has 8 atom stereocenters. The predicted molar refractivity (Wildman–Crippen MR) is 137 cm³/mol. The van der Waals surface area contributed by atoms with Gasteiger partial charge in [0, 0.05) is 0 Å². The van der Waals surface area contributed by atoms with Crippen LogP contribution in [0.5, 0.6) is 0 Å². The van der Waals surface area contributed by atoms with Gasteiger partial charge in [0.05, 0.1) is 11.2 Å². The van der Waals surface area contributed by atoms with Crippen LogP contribution in [0.2, 0.25) is 0 Å². The second-order valence-electron chi connectivity index (χ2n) is 14.8. The lowest BCUT2D eigenvalue weighted by Gasteiger charge is -2.59. The minimum Gasteiger partial charge on any atom is -0.390 e. The zero-order valence-electron chi connectivity index (χ0n) is 22.6. The van der Waals surface area contributed by atoms with Crippen LogP contribution >= 0.6 is 0 Å². The Kier molecular flexibility index (Phi) is 6.16. The fourth-order valence-corrected chi connectivity index (χ4v) is 9.96. The van der Waals surface area contributed by atoms with E-state index in [-0.39, 0.29) is 0 Å². The van der Waals surface area contributed by atoms with Gasteiger partial charge in [0.15, 0.2) is 0 Å². The molecule has 4 fully saturated rings. The zero-order chi connectivity index (χ0) is 24.6. The van der Waals surface area contributed by atoms with Crippen molar-refractivity contribution in [1.82, 2.24) is 0 Å². The molecule has 2 N–H and O–H groups in total. The highest BCUT2D eigenvalue weighted by atomic mass is 19.1. The summed E-state index contributed by atoms with van der Waals surface area (Å²) in [6.07, 6.45) is 16.3. The van der Waals surface area contributed by atoms with E-state index in [0.717, 1.165) is 55.8 Å². The summed E-state index contributed by atoms with van der Waals surface area (Å²) < 4.78 is 14.3. The first-order chi connectivity index (χ1) is 15.8. The molecule has 4 saturated carbocycles. The maximum atomic E-state index is 14.3. The number of allylic oxidation sites excluding steroid dienone is 1. The largest absolute Gasteiger partial charge is 0.390 e. The van der Waals surface area contributed by atoms with Crippen LogP contribution in [0, 0.1) is 40.4 Å². The molecule has 0 heterocycles. The molecule has 0 spiro atoms. The number of halogens is 1. The molecule has 5 aliphatic rings. The third-order valence-corrected chi connectivity index (χ3v) is 12.4. The quantitative estimate of drug-likeness (QED) is 0.409. The Hall–Kier alpha value is -0.410. The van der Waals surface area contributed by atoms with Crippen LogP contribution in [-0.2, 0) is 0 Å². The van der Waals surface area contributed by atoms with Crippen molar-refractivity contribution < 1.29 is 14.6 Å². The summed E-state index contributed by atoms with van der Waals surface area (Å²) in [6.45, 7) is 11.3. The van der Waals surface area contributed by atoms with Crippen LogP contribution in [0.4, 0.5) is 4.39 Å². The molecule has 0 amide bonds. The summed E-state index contributed by atoms with van der Waals surface area (Å²) in [6, 6.07) is 0. The van der Waals surface area contributed by atoms with E-state index >= 15 is 0 Å². The molecule has 194 valence electrons. The van der Waals surface area contributed by atoms with Crippen LogP contribution in [0.15, 0.2) is 11.6 Å². The van der Waals surface area contributed by atoms with Gasteiger partial charge in [0.1, 0.15) is 5.67 Å². The van der Waals surface area contributed by atoms with Crippen molar-refractivity contribution in [2.75, 3.05) is 0 Å². The van der Waals surface area contributed by atoms with Gasteiger partial charge >= 0.3 is 0 Å². The SMILES string of the molecule is C[C@H](CCC1(O)CCC(C)(F)CC1)[C@H]1CC[C@H]2[C@@H]3CC=C4C[C@@](C)(O)CC[C@]4(C)[C@H]3CC[C@]12C. The predicted octanol–water partition coefficient (Wildman–Crippen LogP) is 7.77. The molecule has 5 aliphatic carbocycles. The number of alkyl halides is 1. The first-order valence-corrected chi connectivity index (χ1v) is 14.6. The first kappa shape index (κ1) is 25.2. The number of aliphatic hydroxyl groups is 2. The summed E-state index contributed by atoms with van der Waals surface area (Å²) in [4.78, 5) is 0. The molecule has 0 saturated heterocycles. The normalized spacial score (nSPS) is 53.9. The number of rotatable bonds is 4. The molecule has 0 bridgehead atoms. The van der Waals surface area contributed by atoms with Gasteiger partial charge in [0.2, 0.25) is 0 Å². The van der Waals surface area contributed by atoms with Crippen molar-refractivity contribution >= 4 is 0 Å². The van der Waals surface area contributed by atoms with E-state index in [9.17, 15) is 14.6 Å². The highest BCUT2D eigenvalue weighted by Crippen LogP contribution is 2.67. The molecule has 3 heteroatoms. The van der Waals surface area contributed by atoms with Gasteiger partial charge in [-0.05, 0) is 144 Å². The van der Waals surface area contributed by atoms with Crippen molar-refractivity contribution in [3.63, 3.8) is 0 Å². The molecule has 5 rings (SSSR count). The number of hydrogen-bond acceptors (Lipinski definition) is 2. The summed E-state index contributed by atoms with van der Waals surface area (Å²) in [5.41, 5.74) is 0.0436. The minimum atomic E-state index is -1.08. The third kappa shape index (κ3) is 4.23. The zero-order valence-corrected chi connectivity index (χ0v) is 22.6. The summed E-state index contributed by atoms with van der Waals surface area (Å²) in [5, 5.41) is 21.9. The molecule has 0 radical (unpaired) electrons. The van der Waals surface area contributed by atoms with E-state index in [1.54, 1.807) is 12.5 Å². The van der Waals surface area contributed by atoms with Crippen LogP contribution in [0.1, 0.15) is 125 Å². The maximum Gasteiger partial charge on any atom is 0.108 e. The summed E-state index contributed by atoms with van der Waals surface area (Å²) in [7, 11) is 0. The van der Waals surface area contributed by atoms with Crippen LogP contribution in [0.25, 0.3) is 0 Å². The van der Waals surface area contributed by atoms with E-state index in [4.69, 9.17) is 0 Å². The third-order valence-electron chi connectivity index (χ3n) is 12.4.